The molecule has 0 aliphatic rings. The van der Waals surface area contributed by atoms with E-state index in [-0.39, 0.29) is 31.3 Å². The maximum Gasteiger partial charge on any atom is 0.530 e. The number of carbonyl (C=O) groups is 6. The SMILES string of the molecule is CCOP(=O)(OCC)Oc1ccc(C[C@H](NC(C)=O)C(=O)N[C@H](C(=O)N[C@@H](CC(N)=O)C(=O)N[C@H](C(N)=O)C(C)C)C(C)C)cc1. The molecule has 6 amide bonds. The summed E-state index contributed by atoms with van der Waals surface area (Å²) in [4.78, 5) is 75.1. The fraction of sp³-hybridized carbons (Fsp3) is 0.586. The van der Waals surface area contributed by atoms with E-state index < -0.39 is 79.8 Å². The highest BCUT2D eigenvalue weighted by atomic mass is 31.2. The molecule has 8 N–H and O–H groups in total. The lowest BCUT2D eigenvalue weighted by molar-refractivity contribution is -0.136. The first kappa shape index (κ1) is 40.0. The summed E-state index contributed by atoms with van der Waals surface area (Å²) in [6.07, 6.45) is -0.581. The van der Waals surface area contributed by atoms with E-state index in [9.17, 15) is 33.3 Å². The molecule has 0 heterocycles. The van der Waals surface area contributed by atoms with Gasteiger partial charge in [-0.05, 0) is 43.4 Å². The molecule has 1 aromatic carbocycles. The fourth-order valence-corrected chi connectivity index (χ4v) is 5.39. The number of hydrogen-bond donors (Lipinski definition) is 6. The first-order valence-electron chi connectivity index (χ1n) is 14.9. The molecule has 0 spiro atoms. The highest BCUT2D eigenvalue weighted by Crippen LogP contribution is 2.49. The summed E-state index contributed by atoms with van der Waals surface area (Å²) < 4.78 is 28.3. The number of primary amides is 2. The van der Waals surface area contributed by atoms with Crippen molar-refractivity contribution in [2.45, 2.75) is 85.5 Å². The lowest BCUT2D eigenvalue weighted by atomic mass is 9.99. The van der Waals surface area contributed by atoms with Crippen LogP contribution in [-0.2, 0) is 48.8 Å². The minimum absolute atomic E-state index is 0.00310. The quantitative estimate of drug-likeness (QED) is 0.104. The number of phosphoric ester groups is 1. The number of hydrogen-bond acceptors (Lipinski definition) is 10. The van der Waals surface area contributed by atoms with Crippen molar-refractivity contribution < 1.29 is 46.9 Å². The second-order valence-corrected chi connectivity index (χ2v) is 12.7. The van der Waals surface area contributed by atoms with Gasteiger partial charge in [0.1, 0.15) is 29.9 Å². The molecule has 258 valence electrons. The van der Waals surface area contributed by atoms with E-state index in [2.05, 4.69) is 21.3 Å². The Bertz CT molecular complexity index is 1260. The van der Waals surface area contributed by atoms with Crippen molar-refractivity contribution in [3.05, 3.63) is 29.8 Å². The van der Waals surface area contributed by atoms with Gasteiger partial charge >= 0.3 is 7.82 Å². The Labute approximate surface area is 269 Å². The molecule has 1 rings (SSSR count). The highest BCUT2D eigenvalue weighted by molar-refractivity contribution is 7.48. The van der Waals surface area contributed by atoms with Crippen LogP contribution in [0.4, 0.5) is 0 Å². The summed E-state index contributed by atoms with van der Waals surface area (Å²) in [5.74, 6) is -5.27. The summed E-state index contributed by atoms with van der Waals surface area (Å²) in [7, 11) is -3.82. The van der Waals surface area contributed by atoms with Crippen LogP contribution in [-0.4, -0.2) is 72.8 Å². The van der Waals surface area contributed by atoms with Crippen molar-refractivity contribution in [3.63, 3.8) is 0 Å². The Morgan fingerprint density at radius 2 is 1.24 bits per heavy atom. The van der Waals surface area contributed by atoms with E-state index in [0.717, 1.165) is 0 Å². The third-order valence-electron chi connectivity index (χ3n) is 6.40. The molecule has 0 saturated carbocycles. The predicted octanol–water partition coefficient (Wildman–Crippen LogP) is 0.421. The third kappa shape index (κ3) is 13.5. The van der Waals surface area contributed by atoms with Crippen LogP contribution in [0.5, 0.6) is 5.75 Å². The maximum absolute atomic E-state index is 13.4. The minimum atomic E-state index is -3.82. The van der Waals surface area contributed by atoms with Crippen LogP contribution in [0.15, 0.2) is 24.3 Å². The van der Waals surface area contributed by atoms with Gasteiger partial charge in [-0.3, -0.25) is 37.8 Å². The number of amides is 6. The average Bonchev–Trinajstić information content (AvgIpc) is 2.93. The van der Waals surface area contributed by atoms with E-state index >= 15 is 0 Å². The van der Waals surface area contributed by atoms with Gasteiger partial charge < -0.3 is 37.3 Å². The molecule has 0 saturated heterocycles. The molecule has 46 heavy (non-hydrogen) atoms. The number of phosphoric acid groups is 1. The van der Waals surface area contributed by atoms with Gasteiger partial charge in [0.2, 0.25) is 35.4 Å². The Hall–Kier alpha value is -4.01. The predicted molar refractivity (Wildman–Crippen MR) is 168 cm³/mol. The van der Waals surface area contributed by atoms with Crippen LogP contribution in [0.1, 0.15) is 60.5 Å². The van der Waals surface area contributed by atoms with Gasteiger partial charge in [-0.1, -0.05) is 39.8 Å². The van der Waals surface area contributed by atoms with E-state index in [1.807, 2.05) is 0 Å². The molecular weight excluding hydrogens is 623 g/mol. The molecule has 1 aromatic rings. The smallest absolute Gasteiger partial charge is 0.404 e. The molecule has 0 aliphatic heterocycles. The monoisotopic (exact) mass is 670 g/mol. The molecule has 0 bridgehead atoms. The molecule has 0 aromatic heterocycles. The molecular formula is C29H47N6O10P. The number of rotatable bonds is 20. The fourth-order valence-electron chi connectivity index (χ4n) is 4.19. The van der Waals surface area contributed by atoms with Crippen LogP contribution >= 0.6 is 7.82 Å². The van der Waals surface area contributed by atoms with Crippen molar-refractivity contribution in [3.8, 4) is 5.75 Å². The van der Waals surface area contributed by atoms with Gasteiger partial charge in [0.15, 0.2) is 0 Å². The standard InChI is InChI=1S/C29H47N6O10P/c1-8-43-46(42,44-9-2)45-20-12-10-19(11-13-20)14-21(32-18(7)36)27(39)35-25(17(5)6)29(41)33-22(15-23(30)37)28(40)34-24(16(3)4)26(31)38/h10-13,16-17,21-22,24-25H,8-9,14-15H2,1-7H3,(H2,30,37)(H2,31,38)(H,32,36)(H,33,41)(H,34,40)(H,35,39)/t21-,22-,24-,25-/m0/s1. The van der Waals surface area contributed by atoms with E-state index in [1.165, 1.54) is 19.1 Å². The Kier molecular flexibility index (Phi) is 16.4. The van der Waals surface area contributed by atoms with Crippen LogP contribution in [0, 0.1) is 11.8 Å². The van der Waals surface area contributed by atoms with Gasteiger partial charge in [-0.15, -0.1) is 0 Å². The minimum Gasteiger partial charge on any atom is -0.404 e. The lowest BCUT2D eigenvalue weighted by Crippen LogP contribution is -2.60. The van der Waals surface area contributed by atoms with Gasteiger partial charge in [-0.2, -0.15) is 0 Å². The van der Waals surface area contributed by atoms with Crippen LogP contribution in [0.2, 0.25) is 0 Å². The van der Waals surface area contributed by atoms with Crippen LogP contribution < -0.4 is 37.3 Å². The van der Waals surface area contributed by atoms with E-state index in [4.69, 9.17) is 25.0 Å². The zero-order valence-corrected chi connectivity index (χ0v) is 28.2. The maximum atomic E-state index is 13.4. The molecule has 0 unspecified atom stereocenters. The van der Waals surface area contributed by atoms with Crippen LogP contribution in [0.3, 0.4) is 0 Å². The summed E-state index contributed by atoms with van der Waals surface area (Å²) in [5.41, 5.74) is 11.2. The Morgan fingerprint density at radius 3 is 1.67 bits per heavy atom. The molecule has 4 atom stereocenters. The number of carbonyl (C=O) groups excluding carboxylic acids is 6. The Balaban J connectivity index is 3.13. The van der Waals surface area contributed by atoms with Gasteiger partial charge in [0.05, 0.1) is 19.6 Å². The number of benzene rings is 1. The second-order valence-electron chi connectivity index (χ2n) is 11.1. The first-order valence-corrected chi connectivity index (χ1v) is 16.3. The average molecular weight is 671 g/mol. The third-order valence-corrected chi connectivity index (χ3v) is 7.99. The summed E-state index contributed by atoms with van der Waals surface area (Å²) in [6, 6.07) is 1.33. The van der Waals surface area contributed by atoms with Crippen LogP contribution in [0.25, 0.3) is 0 Å². The molecule has 0 aliphatic carbocycles. The van der Waals surface area contributed by atoms with Crippen molar-refractivity contribution >= 4 is 43.3 Å². The highest BCUT2D eigenvalue weighted by Gasteiger charge is 2.34. The Morgan fingerprint density at radius 1 is 0.739 bits per heavy atom. The zero-order chi connectivity index (χ0) is 35.2. The van der Waals surface area contributed by atoms with Crippen molar-refractivity contribution in [1.82, 2.24) is 21.3 Å². The molecule has 0 fully saturated rings. The number of nitrogens with two attached hydrogens (primary N) is 2. The van der Waals surface area contributed by atoms with Gasteiger partial charge in [0, 0.05) is 13.3 Å². The lowest BCUT2D eigenvalue weighted by Gasteiger charge is -2.28. The summed E-state index contributed by atoms with van der Waals surface area (Å²) >= 11 is 0. The number of nitrogens with one attached hydrogen (secondary N) is 4. The summed E-state index contributed by atoms with van der Waals surface area (Å²) in [6.45, 7) is 11.3. The van der Waals surface area contributed by atoms with E-state index in [1.54, 1.807) is 53.7 Å². The van der Waals surface area contributed by atoms with E-state index in [0.29, 0.717) is 5.56 Å². The van der Waals surface area contributed by atoms with Crippen molar-refractivity contribution in [1.29, 1.82) is 0 Å². The van der Waals surface area contributed by atoms with Gasteiger partial charge in [0.25, 0.3) is 0 Å². The normalized spacial score (nSPS) is 14.0. The largest absolute Gasteiger partial charge is 0.530 e. The second kappa shape index (κ2) is 18.8. The molecule has 0 radical (unpaired) electrons. The van der Waals surface area contributed by atoms with Crippen molar-refractivity contribution in [2.24, 2.45) is 23.3 Å². The zero-order valence-electron chi connectivity index (χ0n) is 27.3. The van der Waals surface area contributed by atoms with Crippen molar-refractivity contribution in [2.75, 3.05) is 13.2 Å². The summed E-state index contributed by atoms with van der Waals surface area (Å²) in [5, 5.41) is 10.0. The van der Waals surface area contributed by atoms with Gasteiger partial charge in [-0.25, -0.2) is 4.57 Å². The molecule has 17 heteroatoms. The topological polar surface area (TPSA) is 247 Å². The molecule has 16 nitrogen and oxygen atoms in total. The first-order chi connectivity index (χ1) is 21.4.